The molecule has 1 aromatic carbocycles. The number of nitrogens with one attached hydrogen (secondary N) is 1. The van der Waals surface area contributed by atoms with Gasteiger partial charge < -0.3 is 11.1 Å². The molecule has 0 aliphatic carbocycles. The zero-order valence-corrected chi connectivity index (χ0v) is 13.6. The van der Waals surface area contributed by atoms with Crippen LogP contribution in [0.4, 0.5) is 5.69 Å². The Balaban J connectivity index is 0.00000361. The summed E-state index contributed by atoms with van der Waals surface area (Å²) in [5, 5.41) is 3.07. The lowest BCUT2D eigenvalue weighted by molar-refractivity contribution is -0.121. The number of carbonyl (C=O) groups is 1. The Bertz CT molecular complexity index is 391. The summed E-state index contributed by atoms with van der Waals surface area (Å²) in [6, 6.07) is 7.47. The van der Waals surface area contributed by atoms with Gasteiger partial charge in [-0.1, -0.05) is 32.9 Å². The predicted octanol–water partition coefficient (Wildman–Crippen LogP) is 3.57. The van der Waals surface area contributed by atoms with E-state index in [0.717, 1.165) is 37.1 Å². The number of hydrogen-bond donors (Lipinski definition) is 2. The van der Waals surface area contributed by atoms with Gasteiger partial charge in [0, 0.05) is 12.2 Å². The molecule has 0 fully saturated rings. The van der Waals surface area contributed by atoms with Gasteiger partial charge in [-0.3, -0.25) is 4.79 Å². The minimum atomic E-state index is 0. The van der Waals surface area contributed by atoms with Crippen LogP contribution >= 0.6 is 12.4 Å². The Labute approximate surface area is 128 Å². The van der Waals surface area contributed by atoms with Gasteiger partial charge >= 0.3 is 0 Å². The fourth-order valence-corrected chi connectivity index (χ4v) is 2.29. The van der Waals surface area contributed by atoms with E-state index in [0.29, 0.717) is 6.42 Å². The van der Waals surface area contributed by atoms with Gasteiger partial charge in [-0.15, -0.1) is 12.4 Å². The van der Waals surface area contributed by atoms with Crippen LogP contribution in [0.15, 0.2) is 24.3 Å². The molecule has 0 spiro atoms. The van der Waals surface area contributed by atoms with E-state index in [-0.39, 0.29) is 23.7 Å². The molecular weight excluding hydrogens is 272 g/mol. The average molecular weight is 299 g/mol. The molecule has 4 heteroatoms. The number of carbonyl (C=O) groups excluding carboxylic acids is 1. The normalized spacial score (nSPS) is 10.8. The second kappa shape index (κ2) is 8.85. The fraction of sp³-hybridized carbons (Fsp3) is 0.562. The SMILES string of the molecule is CCC(CC)(CC)CNC(=O)Cc1ccc(N)cc1.Cl. The maximum atomic E-state index is 11.9. The van der Waals surface area contributed by atoms with Gasteiger partial charge in [-0.05, 0) is 42.4 Å². The minimum absolute atomic E-state index is 0. The van der Waals surface area contributed by atoms with E-state index in [1.54, 1.807) is 0 Å². The molecule has 0 saturated heterocycles. The van der Waals surface area contributed by atoms with Crippen molar-refractivity contribution in [3.05, 3.63) is 29.8 Å². The first-order valence-corrected chi connectivity index (χ1v) is 7.16. The number of nitrogen functional groups attached to an aromatic ring is 1. The molecule has 0 aliphatic heterocycles. The number of halogens is 1. The molecule has 3 N–H and O–H groups in total. The van der Waals surface area contributed by atoms with Crippen LogP contribution in [-0.2, 0) is 11.2 Å². The van der Waals surface area contributed by atoms with Gasteiger partial charge in [0.05, 0.1) is 6.42 Å². The molecule has 114 valence electrons. The van der Waals surface area contributed by atoms with E-state index in [2.05, 4.69) is 26.1 Å². The second-order valence-corrected chi connectivity index (χ2v) is 5.26. The van der Waals surface area contributed by atoms with Crippen molar-refractivity contribution in [2.45, 2.75) is 46.5 Å². The van der Waals surface area contributed by atoms with Gasteiger partial charge in [0.25, 0.3) is 0 Å². The number of amides is 1. The summed E-state index contributed by atoms with van der Waals surface area (Å²) in [5.74, 6) is 0.0875. The van der Waals surface area contributed by atoms with E-state index in [1.807, 2.05) is 24.3 Å². The van der Waals surface area contributed by atoms with E-state index in [9.17, 15) is 4.79 Å². The van der Waals surface area contributed by atoms with E-state index >= 15 is 0 Å². The molecule has 3 nitrogen and oxygen atoms in total. The zero-order valence-electron chi connectivity index (χ0n) is 12.7. The molecule has 0 saturated carbocycles. The lowest BCUT2D eigenvalue weighted by Crippen LogP contribution is -2.37. The van der Waals surface area contributed by atoms with Crippen LogP contribution in [0.3, 0.4) is 0 Å². The number of anilines is 1. The number of benzene rings is 1. The topological polar surface area (TPSA) is 55.1 Å². The molecule has 0 unspecified atom stereocenters. The summed E-state index contributed by atoms with van der Waals surface area (Å²) >= 11 is 0. The third kappa shape index (κ3) is 5.41. The van der Waals surface area contributed by atoms with E-state index in [1.165, 1.54) is 0 Å². The highest BCUT2D eigenvalue weighted by Crippen LogP contribution is 2.29. The summed E-state index contributed by atoms with van der Waals surface area (Å²) < 4.78 is 0. The smallest absolute Gasteiger partial charge is 0.224 e. The molecule has 1 amide bonds. The lowest BCUT2D eigenvalue weighted by atomic mass is 9.80. The monoisotopic (exact) mass is 298 g/mol. The van der Waals surface area contributed by atoms with E-state index in [4.69, 9.17) is 5.73 Å². The highest BCUT2D eigenvalue weighted by molar-refractivity contribution is 5.85. The molecule has 0 atom stereocenters. The first-order valence-electron chi connectivity index (χ1n) is 7.16. The van der Waals surface area contributed by atoms with Crippen LogP contribution < -0.4 is 11.1 Å². The van der Waals surface area contributed by atoms with Crippen LogP contribution in [0.1, 0.15) is 45.6 Å². The average Bonchev–Trinajstić information content (AvgIpc) is 2.44. The van der Waals surface area contributed by atoms with Crippen LogP contribution in [0.5, 0.6) is 0 Å². The first-order chi connectivity index (χ1) is 9.05. The quantitative estimate of drug-likeness (QED) is 0.756. The Kier molecular flexibility index (Phi) is 8.31. The Morgan fingerprint density at radius 1 is 1.10 bits per heavy atom. The van der Waals surface area contributed by atoms with Crippen LogP contribution in [0.25, 0.3) is 0 Å². The Morgan fingerprint density at radius 3 is 2.05 bits per heavy atom. The molecule has 0 aliphatic rings. The fourth-order valence-electron chi connectivity index (χ4n) is 2.29. The third-order valence-electron chi connectivity index (χ3n) is 4.25. The largest absolute Gasteiger partial charge is 0.399 e. The minimum Gasteiger partial charge on any atom is -0.399 e. The predicted molar refractivity (Wildman–Crippen MR) is 88.1 cm³/mol. The number of rotatable bonds is 7. The van der Waals surface area contributed by atoms with Gasteiger partial charge in [-0.2, -0.15) is 0 Å². The molecule has 1 aromatic rings. The van der Waals surface area contributed by atoms with Crippen molar-refractivity contribution < 1.29 is 4.79 Å². The lowest BCUT2D eigenvalue weighted by Gasteiger charge is -2.30. The molecule has 0 radical (unpaired) electrons. The van der Waals surface area contributed by atoms with Gasteiger partial charge in [0.15, 0.2) is 0 Å². The van der Waals surface area contributed by atoms with E-state index < -0.39 is 0 Å². The highest BCUT2D eigenvalue weighted by atomic mass is 35.5. The zero-order chi connectivity index (χ0) is 14.3. The van der Waals surface area contributed by atoms with Crippen molar-refractivity contribution in [2.24, 2.45) is 5.41 Å². The van der Waals surface area contributed by atoms with Crippen LogP contribution in [-0.4, -0.2) is 12.5 Å². The highest BCUT2D eigenvalue weighted by Gasteiger charge is 2.24. The Hall–Kier alpha value is -1.22. The first kappa shape index (κ1) is 18.8. The number of hydrogen-bond acceptors (Lipinski definition) is 2. The summed E-state index contributed by atoms with van der Waals surface area (Å²) in [6.45, 7) is 7.35. The molecule has 0 aromatic heterocycles. The third-order valence-corrected chi connectivity index (χ3v) is 4.25. The van der Waals surface area contributed by atoms with Gasteiger partial charge in [0.2, 0.25) is 5.91 Å². The van der Waals surface area contributed by atoms with Crippen molar-refractivity contribution in [2.75, 3.05) is 12.3 Å². The van der Waals surface area contributed by atoms with Crippen molar-refractivity contribution in [3.63, 3.8) is 0 Å². The molecular formula is C16H27ClN2O. The summed E-state index contributed by atoms with van der Waals surface area (Å²) in [5.41, 5.74) is 7.60. The van der Waals surface area contributed by atoms with Crippen molar-refractivity contribution in [3.8, 4) is 0 Å². The van der Waals surface area contributed by atoms with Crippen LogP contribution in [0, 0.1) is 5.41 Å². The summed E-state index contributed by atoms with van der Waals surface area (Å²) in [6.07, 6.45) is 3.72. The molecule has 0 heterocycles. The van der Waals surface area contributed by atoms with Crippen LogP contribution in [0.2, 0.25) is 0 Å². The maximum Gasteiger partial charge on any atom is 0.224 e. The standard InChI is InChI=1S/C16H26N2O.ClH/c1-4-16(5-2,6-3)12-18-15(19)11-13-7-9-14(17)10-8-13;/h7-10H,4-6,11-12,17H2,1-3H3,(H,18,19);1H. The maximum absolute atomic E-state index is 11.9. The second-order valence-electron chi connectivity index (χ2n) is 5.26. The molecule has 20 heavy (non-hydrogen) atoms. The van der Waals surface area contributed by atoms with Crippen molar-refractivity contribution >= 4 is 24.0 Å². The Morgan fingerprint density at radius 2 is 1.60 bits per heavy atom. The van der Waals surface area contributed by atoms with Gasteiger partial charge in [0.1, 0.15) is 0 Å². The molecule has 1 rings (SSSR count). The number of nitrogens with two attached hydrogens (primary N) is 1. The van der Waals surface area contributed by atoms with Crippen molar-refractivity contribution in [1.29, 1.82) is 0 Å². The van der Waals surface area contributed by atoms with Crippen molar-refractivity contribution in [1.82, 2.24) is 5.32 Å². The van der Waals surface area contributed by atoms with Gasteiger partial charge in [-0.25, -0.2) is 0 Å². The molecule has 0 bridgehead atoms. The summed E-state index contributed by atoms with van der Waals surface area (Å²) in [7, 11) is 0. The summed E-state index contributed by atoms with van der Waals surface area (Å²) in [4.78, 5) is 11.9.